The molecule has 0 bridgehead atoms. The van der Waals surface area contributed by atoms with Crippen LogP contribution in [0.1, 0.15) is 90.0 Å². The van der Waals surface area contributed by atoms with Crippen LogP contribution in [0.3, 0.4) is 0 Å². The molecule has 29 heavy (non-hydrogen) atoms. The number of unbranched alkanes of at least 4 members (excludes halogenated alkanes) is 1. The second-order valence-corrected chi connectivity index (χ2v) is 5.77. The van der Waals surface area contributed by atoms with Crippen LogP contribution in [0, 0.1) is 0 Å². The summed E-state index contributed by atoms with van der Waals surface area (Å²) in [6.45, 7) is 15.8. The van der Waals surface area contributed by atoms with Crippen LogP contribution >= 0.6 is 0 Å². The molecule has 0 aliphatic rings. The van der Waals surface area contributed by atoms with Crippen molar-refractivity contribution in [1.82, 2.24) is 0 Å². The van der Waals surface area contributed by atoms with Crippen molar-refractivity contribution < 1.29 is 28.5 Å². The van der Waals surface area contributed by atoms with E-state index < -0.39 is 0 Å². The summed E-state index contributed by atoms with van der Waals surface area (Å²) in [5.74, 6) is -0.354. The van der Waals surface area contributed by atoms with Crippen LogP contribution in [0.4, 0.5) is 0 Å². The fourth-order valence-electron chi connectivity index (χ4n) is 1.36. The van der Waals surface area contributed by atoms with Gasteiger partial charge in [0.15, 0.2) is 0 Å². The van der Waals surface area contributed by atoms with E-state index in [-0.39, 0.29) is 41.8 Å². The highest BCUT2D eigenvalue weighted by Crippen LogP contribution is 1.98. The van der Waals surface area contributed by atoms with Gasteiger partial charge >= 0.3 is 5.97 Å². The van der Waals surface area contributed by atoms with E-state index in [1.165, 1.54) is 0 Å². The van der Waals surface area contributed by atoms with Crippen molar-refractivity contribution in [3.05, 3.63) is 12.2 Å². The number of carbonyl (C=O) groups excluding carboxylic acids is 2. The zero-order valence-corrected chi connectivity index (χ0v) is 16.5. The van der Waals surface area contributed by atoms with Crippen molar-refractivity contribution in [2.24, 2.45) is 0 Å². The van der Waals surface area contributed by atoms with Crippen LogP contribution in [-0.2, 0) is 28.5 Å². The van der Waals surface area contributed by atoms with Gasteiger partial charge in [-0.25, -0.2) is 4.79 Å². The number of esters is 1. The van der Waals surface area contributed by atoms with Crippen molar-refractivity contribution in [2.75, 3.05) is 26.4 Å². The SMILES string of the molecule is C.C.C.C.C=C(C)C(=O)OCCOC(C)CC.CCC(C)OCCCCOC=O. The first-order valence-electron chi connectivity index (χ1n) is 8.99. The van der Waals surface area contributed by atoms with Gasteiger partial charge < -0.3 is 18.9 Å². The molecule has 0 spiro atoms. The Labute approximate surface area is 182 Å². The summed E-state index contributed by atoms with van der Waals surface area (Å²) in [5.41, 5.74) is 0.420. The third kappa shape index (κ3) is 34.5. The third-order valence-corrected chi connectivity index (χ3v) is 3.34. The average Bonchev–Trinajstić information content (AvgIpc) is 2.61. The molecule has 0 aromatic carbocycles. The van der Waals surface area contributed by atoms with Gasteiger partial charge in [0.05, 0.1) is 25.4 Å². The highest BCUT2D eigenvalue weighted by Gasteiger charge is 2.03. The summed E-state index contributed by atoms with van der Waals surface area (Å²) in [5, 5.41) is 0. The van der Waals surface area contributed by atoms with Crippen molar-refractivity contribution in [3.8, 4) is 0 Å². The van der Waals surface area contributed by atoms with Gasteiger partial charge in [0.2, 0.25) is 0 Å². The lowest BCUT2D eigenvalue weighted by atomic mass is 10.3. The Bertz CT molecular complexity index is 344. The van der Waals surface area contributed by atoms with E-state index in [9.17, 15) is 9.59 Å². The topological polar surface area (TPSA) is 71.1 Å². The smallest absolute Gasteiger partial charge is 0.333 e. The zero-order chi connectivity index (χ0) is 19.5. The van der Waals surface area contributed by atoms with E-state index in [0.29, 0.717) is 38.0 Å². The maximum Gasteiger partial charge on any atom is 0.333 e. The maximum absolute atomic E-state index is 10.9. The van der Waals surface area contributed by atoms with E-state index in [2.05, 4.69) is 25.2 Å². The summed E-state index contributed by atoms with van der Waals surface area (Å²) in [6, 6.07) is 0. The summed E-state index contributed by atoms with van der Waals surface area (Å²) in [6.07, 6.45) is 4.42. The molecule has 180 valence electrons. The minimum atomic E-state index is -0.354. The van der Waals surface area contributed by atoms with Crippen molar-refractivity contribution in [1.29, 1.82) is 0 Å². The molecular weight excluding hydrogens is 372 g/mol. The number of carbonyl (C=O) groups is 2. The molecule has 0 aliphatic heterocycles. The Morgan fingerprint density at radius 2 is 1.31 bits per heavy atom. The van der Waals surface area contributed by atoms with Gasteiger partial charge in [0, 0.05) is 12.2 Å². The van der Waals surface area contributed by atoms with Crippen LogP contribution in [0.5, 0.6) is 0 Å². The third-order valence-electron chi connectivity index (χ3n) is 3.34. The van der Waals surface area contributed by atoms with Crippen LogP contribution in [0.25, 0.3) is 0 Å². The molecular formula is C23H52O6. The van der Waals surface area contributed by atoms with Gasteiger partial charge in [-0.3, -0.25) is 4.79 Å². The average molecular weight is 425 g/mol. The Kier molecular flexibility index (Phi) is 45.2. The molecule has 0 rings (SSSR count). The number of hydrogen-bond donors (Lipinski definition) is 0. The first-order valence-corrected chi connectivity index (χ1v) is 8.99. The van der Waals surface area contributed by atoms with Gasteiger partial charge in [-0.2, -0.15) is 0 Å². The standard InChI is InChI=1S/C10H18O3.C9H18O3.4CH4/c1-5-9(4)12-6-7-13-10(11)8(2)3;1-3-9(2)12-7-5-4-6-11-8-10;;;;/h9H,2,5-7H2,1,3-4H3;8-9H,3-7H2,1-2H3;4*1H4. The molecule has 0 heterocycles. The largest absolute Gasteiger partial charge is 0.468 e. The lowest BCUT2D eigenvalue weighted by molar-refractivity contribution is -0.141. The number of rotatable bonds is 14. The molecule has 0 aliphatic carbocycles. The molecule has 6 heteroatoms. The molecule has 0 N–H and O–H groups in total. The predicted molar refractivity (Wildman–Crippen MR) is 125 cm³/mol. The van der Waals surface area contributed by atoms with E-state index in [1.807, 2.05) is 13.8 Å². The number of hydrogen-bond acceptors (Lipinski definition) is 6. The molecule has 0 aromatic rings. The Morgan fingerprint density at radius 3 is 1.72 bits per heavy atom. The van der Waals surface area contributed by atoms with E-state index in [0.717, 1.165) is 32.3 Å². The van der Waals surface area contributed by atoms with Crippen LogP contribution in [0.2, 0.25) is 0 Å². The summed E-state index contributed by atoms with van der Waals surface area (Å²) in [7, 11) is 0. The van der Waals surface area contributed by atoms with Gasteiger partial charge in [-0.05, 0) is 46.5 Å². The Morgan fingerprint density at radius 1 is 0.862 bits per heavy atom. The fourth-order valence-corrected chi connectivity index (χ4v) is 1.36. The first kappa shape index (κ1) is 41.9. The second kappa shape index (κ2) is 31.3. The predicted octanol–water partition coefficient (Wildman–Crippen LogP) is 6.22. The van der Waals surface area contributed by atoms with Crippen LogP contribution < -0.4 is 0 Å². The fraction of sp³-hybridized carbons (Fsp3) is 0.826. The first-order chi connectivity index (χ1) is 11.9. The van der Waals surface area contributed by atoms with Crippen molar-refractivity contribution in [3.63, 3.8) is 0 Å². The molecule has 0 amide bonds. The Balaban J connectivity index is -0.0000000803. The van der Waals surface area contributed by atoms with Gasteiger partial charge in [0.25, 0.3) is 6.47 Å². The van der Waals surface area contributed by atoms with E-state index in [4.69, 9.17) is 14.2 Å². The molecule has 0 saturated heterocycles. The monoisotopic (exact) mass is 424 g/mol. The zero-order valence-electron chi connectivity index (χ0n) is 16.5. The molecule has 6 nitrogen and oxygen atoms in total. The highest BCUT2D eigenvalue weighted by molar-refractivity contribution is 5.86. The lowest BCUT2D eigenvalue weighted by Crippen LogP contribution is -2.14. The molecule has 2 atom stereocenters. The Hall–Kier alpha value is -1.40. The molecule has 0 aromatic heterocycles. The maximum atomic E-state index is 10.9. The molecule has 2 unspecified atom stereocenters. The van der Waals surface area contributed by atoms with E-state index >= 15 is 0 Å². The molecule has 0 saturated carbocycles. The second-order valence-electron chi connectivity index (χ2n) is 5.77. The number of ether oxygens (including phenoxy) is 4. The summed E-state index contributed by atoms with van der Waals surface area (Å²) >= 11 is 0. The molecule has 0 fully saturated rings. The lowest BCUT2D eigenvalue weighted by Gasteiger charge is -2.10. The van der Waals surface area contributed by atoms with Crippen molar-refractivity contribution in [2.45, 2.75) is 102 Å². The summed E-state index contributed by atoms with van der Waals surface area (Å²) < 4.78 is 20.1. The minimum Gasteiger partial charge on any atom is -0.468 e. The van der Waals surface area contributed by atoms with Gasteiger partial charge in [-0.15, -0.1) is 0 Å². The van der Waals surface area contributed by atoms with Crippen LogP contribution in [0.15, 0.2) is 12.2 Å². The van der Waals surface area contributed by atoms with Gasteiger partial charge in [0.1, 0.15) is 6.61 Å². The normalized spacial score (nSPS) is 10.7. The molecule has 0 radical (unpaired) electrons. The van der Waals surface area contributed by atoms with Crippen molar-refractivity contribution >= 4 is 12.4 Å². The summed E-state index contributed by atoms with van der Waals surface area (Å²) in [4.78, 5) is 20.6. The highest BCUT2D eigenvalue weighted by atomic mass is 16.6. The minimum absolute atomic E-state index is 0. The van der Waals surface area contributed by atoms with E-state index in [1.54, 1.807) is 6.92 Å². The quantitative estimate of drug-likeness (QED) is 0.143. The van der Waals surface area contributed by atoms with Gasteiger partial charge in [-0.1, -0.05) is 50.1 Å². The van der Waals surface area contributed by atoms with Crippen LogP contribution in [-0.4, -0.2) is 51.1 Å².